The van der Waals surface area contributed by atoms with Crippen LogP contribution in [0.15, 0.2) is 48.5 Å². The number of nitrogens with one attached hydrogen (secondary N) is 1. The van der Waals surface area contributed by atoms with Gasteiger partial charge in [0.05, 0.1) is 7.11 Å². The number of amides is 1. The molecule has 0 heterocycles. The van der Waals surface area contributed by atoms with Crippen LogP contribution in [0.3, 0.4) is 0 Å². The highest BCUT2D eigenvalue weighted by Gasteiger charge is 2.17. The largest absolute Gasteiger partial charge is 0.497 e. The van der Waals surface area contributed by atoms with Crippen LogP contribution in [-0.2, 0) is 10.5 Å². The molecule has 2 aromatic rings. The summed E-state index contributed by atoms with van der Waals surface area (Å²) in [6.45, 7) is 2.54. The van der Waals surface area contributed by atoms with E-state index in [9.17, 15) is 4.79 Å². The molecule has 0 aliphatic carbocycles. The van der Waals surface area contributed by atoms with Crippen LogP contribution in [0.4, 0.5) is 0 Å². The minimum atomic E-state index is -0.496. The van der Waals surface area contributed by atoms with Gasteiger partial charge in [-0.1, -0.05) is 30.7 Å². The lowest BCUT2D eigenvalue weighted by molar-refractivity contribution is -0.127. The van der Waals surface area contributed by atoms with Crippen molar-refractivity contribution < 1.29 is 14.3 Å². The summed E-state index contributed by atoms with van der Waals surface area (Å²) >= 11 is 7.64. The Balaban J connectivity index is 1.69. The monoisotopic (exact) mass is 393 g/mol. The predicted molar refractivity (Wildman–Crippen MR) is 108 cm³/mol. The van der Waals surface area contributed by atoms with Crippen LogP contribution in [0.25, 0.3) is 0 Å². The second-order valence-electron chi connectivity index (χ2n) is 5.66. The van der Waals surface area contributed by atoms with Gasteiger partial charge in [0.25, 0.3) is 5.91 Å². The number of ether oxygens (including phenoxy) is 2. The Morgan fingerprint density at radius 2 is 1.77 bits per heavy atom. The molecule has 0 aromatic heterocycles. The van der Waals surface area contributed by atoms with Crippen LogP contribution < -0.4 is 14.8 Å². The molecule has 0 fully saturated rings. The van der Waals surface area contributed by atoms with Gasteiger partial charge < -0.3 is 14.8 Å². The SMILES string of the molecule is CCC(Oc1ccc(OC)cc1)C(=O)NCCSCc1ccc(Cl)cc1. The number of rotatable bonds is 10. The number of benzene rings is 2. The highest BCUT2D eigenvalue weighted by atomic mass is 35.5. The zero-order valence-corrected chi connectivity index (χ0v) is 16.6. The van der Waals surface area contributed by atoms with Gasteiger partial charge >= 0.3 is 0 Å². The lowest BCUT2D eigenvalue weighted by Crippen LogP contribution is -2.39. The number of carbonyl (C=O) groups is 1. The van der Waals surface area contributed by atoms with Gasteiger partial charge in [0.1, 0.15) is 11.5 Å². The van der Waals surface area contributed by atoms with Gasteiger partial charge in [0, 0.05) is 23.1 Å². The molecule has 4 nitrogen and oxygen atoms in total. The molecule has 0 aliphatic heterocycles. The van der Waals surface area contributed by atoms with E-state index in [-0.39, 0.29) is 5.91 Å². The Labute approximate surface area is 164 Å². The predicted octanol–water partition coefficient (Wildman–Crippen LogP) is 4.56. The average Bonchev–Trinajstić information content (AvgIpc) is 2.67. The maximum Gasteiger partial charge on any atom is 0.261 e. The van der Waals surface area contributed by atoms with E-state index in [1.807, 2.05) is 43.3 Å². The van der Waals surface area contributed by atoms with Crippen LogP contribution in [-0.4, -0.2) is 31.4 Å². The first-order valence-electron chi connectivity index (χ1n) is 8.53. The summed E-state index contributed by atoms with van der Waals surface area (Å²) in [5.41, 5.74) is 1.22. The molecule has 0 saturated carbocycles. The minimum Gasteiger partial charge on any atom is -0.497 e. The van der Waals surface area contributed by atoms with Crippen molar-refractivity contribution in [2.24, 2.45) is 0 Å². The number of hydrogen-bond acceptors (Lipinski definition) is 4. The third-order valence-electron chi connectivity index (χ3n) is 3.73. The summed E-state index contributed by atoms with van der Waals surface area (Å²) in [7, 11) is 1.61. The van der Waals surface area contributed by atoms with E-state index >= 15 is 0 Å². The summed E-state index contributed by atoms with van der Waals surface area (Å²) in [6, 6.07) is 15.0. The lowest BCUT2D eigenvalue weighted by Gasteiger charge is -2.17. The van der Waals surface area contributed by atoms with Gasteiger partial charge in [-0.25, -0.2) is 0 Å². The molecule has 0 spiro atoms. The van der Waals surface area contributed by atoms with Gasteiger partial charge in [0.15, 0.2) is 6.10 Å². The van der Waals surface area contributed by atoms with Crippen LogP contribution in [0, 0.1) is 0 Å². The summed E-state index contributed by atoms with van der Waals surface area (Å²) in [6.07, 6.45) is 0.111. The van der Waals surface area contributed by atoms with Crippen molar-refractivity contribution in [2.45, 2.75) is 25.2 Å². The molecule has 0 bridgehead atoms. The molecule has 2 aromatic carbocycles. The second kappa shape index (κ2) is 11.0. The molecule has 26 heavy (non-hydrogen) atoms. The third-order valence-corrected chi connectivity index (χ3v) is 5.01. The van der Waals surface area contributed by atoms with Crippen LogP contribution >= 0.6 is 23.4 Å². The number of halogens is 1. The minimum absolute atomic E-state index is 0.0876. The molecule has 140 valence electrons. The normalized spacial score (nSPS) is 11.7. The average molecular weight is 394 g/mol. The van der Waals surface area contributed by atoms with Gasteiger partial charge in [-0.15, -0.1) is 0 Å². The van der Waals surface area contributed by atoms with Crippen molar-refractivity contribution in [3.63, 3.8) is 0 Å². The topological polar surface area (TPSA) is 47.6 Å². The van der Waals surface area contributed by atoms with E-state index in [2.05, 4.69) is 5.32 Å². The van der Waals surface area contributed by atoms with E-state index < -0.39 is 6.10 Å². The van der Waals surface area contributed by atoms with Crippen molar-refractivity contribution in [2.75, 3.05) is 19.4 Å². The second-order valence-corrected chi connectivity index (χ2v) is 7.20. The fraction of sp³-hybridized carbons (Fsp3) is 0.350. The Bertz CT molecular complexity index is 676. The van der Waals surface area contributed by atoms with Gasteiger partial charge in [-0.05, 0) is 48.4 Å². The summed E-state index contributed by atoms with van der Waals surface area (Å²) < 4.78 is 10.9. The lowest BCUT2D eigenvalue weighted by atomic mass is 10.2. The molecule has 2 rings (SSSR count). The smallest absolute Gasteiger partial charge is 0.261 e. The van der Waals surface area contributed by atoms with Crippen molar-refractivity contribution in [1.82, 2.24) is 5.32 Å². The molecule has 1 unspecified atom stereocenters. The molecule has 0 saturated heterocycles. The fourth-order valence-corrected chi connectivity index (χ4v) is 3.22. The first-order chi connectivity index (χ1) is 12.6. The van der Waals surface area contributed by atoms with Crippen molar-refractivity contribution in [3.05, 3.63) is 59.1 Å². The van der Waals surface area contributed by atoms with Gasteiger partial charge in [-0.2, -0.15) is 11.8 Å². The molecule has 0 radical (unpaired) electrons. The summed E-state index contributed by atoms with van der Waals surface area (Å²) in [5, 5.41) is 3.69. The van der Waals surface area contributed by atoms with Crippen LogP contribution in [0.2, 0.25) is 5.02 Å². The first kappa shape index (κ1) is 20.5. The third kappa shape index (κ3) is 6.81. The molecule has 1 atom stereocenters. The van der Waals surface area contributed by atoms with E-state index in [0.717, 1.165) is 22.3 Å². The van der Waals surface area contributed by atoms with E-state index in [0.29, 0.717) is 18.7 Å². The van der Waals surface area contributed by atoms with Crippen molar-refractivity contribution >= 4 is 29.3 Å². The maximum atomic E-state index is 12.3. The van der Waals surface area contributed by atoms with Crippen LogP contribution in [0.5, 0.6) is 11.5 Å². The molecule has 1 N–H and O–H groups in total. The molecule has 0 aliphatic rings. The zero-order chi connectivity index (χ0) is 18.8. The zero-order valence-electron chi connectivity index (χ0n) is 15.0. The summed E-state index contributed by atoms with van der Waals surface area (Å²) in [5.74, 6) is 3.06. The Kier molecular flexibility index (Phi) is 8.65. The number of thioether (sulfide) groups is 1. The van der Waals surface area contributed by atoms with E-state index in [1.54, 1.807) is 31.0 Å². The molecule has 6 heteroatoms. The van der Waals surface area contributed by atoms with Gasteiger partial charge in [-0.3, -0.25) is 4.79 Å². The quantitative estimate of drug-likeness (QED) is 0.601. The molecule has 1 amide bonds. The number of hydrogen-bond donors (Lipinski definition) is 1. The van der Waals surface area contributed by atoms with E-state index in [1.165, 1.54) is 5.56 Å². The Hall–Kier alpha value is -1.85. The fourth-order valence-electron chi connectivity index (χ4n) is 2.27. The highest BCUT2D eigenvalue weighted by Crippen LogP contribution is 2.19. The Morgan fingerprint density at radius 1 is 1.12 bits per heavy atom. The van der Waals surface area contributed by atoms with Crippen molar-refractivity contribution in [1.29, 1.82) is 0 Å². The number of methoxy groups -OCH3 is 1. The standard InChI is InChI=1S/C20H24ClNO3S/c1-3-19(25-18-10-8-17(24-2)9-11-18)20(23)22-12-13-26-14-15-4-6-16(21)7-5-15/h4-11,19H,3,12-14H2,1-2H3,(H,22,23). The molecular weight excluding hydrogens is 370 g/mol. The van der Waals surface area contributed by atoms with E-state index in [4.69, 9.17) is 21.1 Å². The van der Waals surface area contributed by atoms with Crippen molar-refractivity contribution in [3.8, 4) is 11.5 Å². The molecular formula is C20H24ClNO3S. The number of carbonyl (C=O) groups excluding carboxylic acids is 1. The summed E-state index contributed by atoms with van der Waals surface area (Å²) in [4.78, 5) is 12.3. The first-order valence-corrected chi connectivity index (χ1v) is 10.1. The maximum absolute atomic E-state index is 12.3. The Morgan fingerprint density at radius 3 is 2.38 bits per heavy atom. The van der Waals surface area contributed by atoms with Crippen LogP contribution in [0.1, 0.15) is 18.9 Å². The van der Waals surface area contributed by atoms with Gasteiger partial charge in [0.2, 0.25) is 0 Å². The highest BCUT2D eigenvalue weighted by molar-refractivity contribution is 7.98.